The molecule has 6 nitrogen and oxygen atoms in total. The van der Waals surface area contributed by atoms with E-state index in [0.29, 0.717) is 18.3 Å². The summed E-state index contributed by atoms with van der Waals surface area (Å²) in [7, 11) is 0. The molecule has 1 aromatic rings. The van der Waals surface area contributed by atoms with Crippen molar-refractivity contribution >= 4 is 35.8 Å². The molecule has 1 aromatic heterocycles. The predicted octanol–water partition coefficient (Wildman–Crippen LogP) is 2.63. The number of rotatable bonds is 5. The summed E-state index contributed by atoms with van der Waals surface area (Å²) in [4.78, 5) is 15.5. The smallest absolute Gasteiger partial charge is 0.284 e. The van der Waals surface area contributed by atoms with E-state index in [9.17, 15) is 4.79 Å². The van der Waals surface area contributed by atoms with Crippen molar-refractivity contribution in [2.75, 3.05) is 6.54 Å². The second-order valence-corrected chi connectivity index (χ2v) is 5.93. The number of hydrogen-bond donors (Lipinski definition) is 3. The molecule has 1 fully saturated rings. The molecule has 1 heterocycles. The van der Waals surface area contributed by atoms with Gasteiger partial charge in [-0.2, -0.15) is 0 Å². The number of nitrogens with one attached hydrogen (secondary N) is 2. The topological polar surface area (TPSA) is 92.6 Å². The molecule has 1 aliphatic rings. The Hall–Kier alpha value is -1.25. The number of carbonyl (C=O) groups excluding carboxylic acids is 1. The summed E-state index contributed by atoms with van der Waals surface area (Å²) >= 11 is 0. The summed E-state index contributed by atoms with van der Waals surface area (Å²) in [6, 6.07) is 3.79. The van der Waals surface area contributed by atoms with Crippen molar-refractivity contribution in [1.82, 2.24) is 10.6 Å². The number of carbonyl (C=O) groups is 1. The van der Waals surface area contributed by atoms with Crippen LogP contribution < -0.4 is 16.4 Å². The number of guanidine groups is 1. The van der Waals surface area contributed by atoms with Crippen LogP contribution in [0.2, 0.25) is 0 Å². The van der Waals surface area contributed by atoms with Gasteiger partial charge < -0.3 is 20.8 Å². The van der Waals surface area contributed by atoms with Crippen molar-refractivity contribution in [3.05, 3.63) is 23.7 Å². The Bertz CT molecular complexity index is 522. The first-order valence-corrected chi connectivity index (χ1v) is 8.01. The summed E-state index contributed by atoms with van der Waals surface area (Å²) in [6.07, 6.45) is 4.88. The van der Waals surface area contributed by atoms with Crippen LogP contribution in [-0.4, -0.2) is 24.5 Å². The Balaban J connectivity index is 0.00000264. The van der Waals surface area contributed by atoms with Gasteiger partial charge in [0.25, 0.3) is 5.91 Å². The average Bonchev–Trinajstić information content (AvgIpc) is 2.96. The van der Waals surface area contributed by atoms with E-state index in [1.165, 1.54) is 25.7 Å². The van der Waals surface area contributed by atoms with Crippen molar-refractivity contribution < 1.29 is 9.21 Å². The molecule has 0 spiro atoms. The standard InChI is InChI=1S/C16H26N4O2.HI/c1-3-18-16(20-12-6-4-11(2)5-7-12)19-10-13-8-9-14(22-13)15(17)21;/h8-9,11-12H,3-7,10H2,1-2H3,(H2,17,21)(H2,18,19,20);1H. The fraction of sp³-hybridized carbons (Fsp3) is 0.625. The van der Waals surface area contributed by atoms with Crippen molar-refractivity contribution in [3.63, 3.8) is 0 Å². The maximum Gasteiger partial charge on any atom is 0.284 e. The quantitative estimate of drug-likeness (QED) is 0.378. The lowest BCUT2D eigenvalue weighted by Gasteiger charge is -2.28. The van der Waals surface area contributed by atoms with Gasteiger partial charge in [0.2, 0.25) is 0 Å². The van der Waals surface area contributed by atoms with Crippen LogP contribution in [0.5, 0.6) is 0 Å². The number of nitrogens with two attached hydrogens (primary N) is 1. The molecule has 130 valence electrons. The number of furan rings is 1. The Morgan fingerprint density at radius 3 is 2.61 bits per heavy atom. The molecule has 1 amide bonds. The molecular formula is C16H27IN4O2. The summed E-state index contributed by atoms with van der Waals surface area (Å²) in [5, 5.41) is 6.73. The number of amides is 1. The zero-order valence-corrected chi connectivity index (χ0v) is 16.1. The van der Waals surface area contributed by atoms with Gasteiger partial charge in [0.05, 0.1) is 0 Å². The van der Waals surface area contributed by atoms with Gasteiger partial charge in [0, 0.05) is 12.6 Å². The molecule has 0 unspecified atom stereocenters. The van der Waals surface area contributed by atoms with Crippen LogP contribution in [-0.2, 0) is 6.54 Å². The minimum atomic E-state index is -0.559. The van der Waals surface area contributed by atoms with Gasteiger partial charge in [0.15, 0.2) is 11.7 Å². The fourth-order valence-corrected chi connectivity index (χ4v) is 2.67. The van der Waals surface area contributed by atoms with Crippen LogP contribution >= 0.6 is 24.0 Å². The van der Waals surface area contributed by atoms with Gasteiger partial charge in [-0.15, -0.1) is 24.0 Å². The maximum absolute atomic E-state index is 11.0. The van der Waals surface area contributed by atoms with Crippen molar-refractivity contribution in [1.29, 1.82) is 0 Å². The molecular weight excluding hydrogens is 407 g/mol. The fourth-order valence-electron chi connectivity index (χ4n) is 2.67. The van der Waals surface area contributed by atoms with Crippen LogP contribution in [0.3, 0.4) is 0 Å². The lowest BCUT2D eigenvalue weighted by atomic mass is 9.87. The Labute approximate surface area is 154 Å². The second-order valence-electron chi connectivity index (χ2n) is 5.93. The predicted molar refractivity (Wildman–Crippen MR) is 102 cm³/mol. The van der Waals surface area contributed by atoms with E-state index in [0.717, 1.165) is 18.4 Å². The molecule has 0 aliphatic heterocycles. The van der Waals surface area contributed by atoms with Crippen molar-refractivity contribution in [3.8, 4) is 0 Å². The molecule has 0 atom stereocenters. The van der Waals surface area contributed by atoms with E-state index in [-0.39, 0.29) is 29.7 Å². The highest BCUT2D eigenvalue weighted by Gasteiger charge is 2.18. The molecule has 0 bridgehead atoms. The lowest BCUT2D eigenvalue weighted by molar-refractivity contribution is 0.0972. The highest BCUT2D eigenvalue weighted by molar-refractivity contribution is 14.0. The van der Waals surface area contributed by atoms with Crippen LogP contribution in [0.15, 0.2) is 21.5 Å². The summed E-state index contributed by atoms with van der Waals surface area (Å²) < 4.78 is 5.34. The van der Waals surface area contributed by atoms with Crippen molar-refractivity contribution in [2.24, 2.45) is 16.6 Å². The largest absolute Gasteiger partial charge is 0.454 e. The highest BCUT2D eigenvalue weighted by Crippen LogP contribution is 2.23. The average molecular weight is 434 g/mol. The summed E-state index contributed by atoms with van der Waals surface area (Å²) in [6.45, 7) is 5.53. The Morgan fingerprint density at radius 1 is 1.35 bits per heavy atom. The first-order chi connectivity index (χ1) is 10.6. The van der Waals surface area contributed by atoms with Gasteiger partial charge >= 0.3 is 0 Å². The molecule has 0 aromatic carbocycles. The van der Waals surface area contributed by atoms with E-state index < -0.39 is 5.91 Å². The Morgan fingerprint density at radius 2 is 2.04 bits per heavy atom. The molecule has 2 rings (SSSR count). The van der Waals surface area contributed by atoms with E-state index in [2.05, 4.69) is 22.5 Å². The van der Waals surface area contributed by atoms with E-state index >= 15 is 0 Å². The van der Waals surface area contributed by atoms with E-state index in [1.807, 2.05) is 6.92 Å². The van der Waals surface area contributed by atoms with Gasteiger partial charge in [-0.3, -0.25) is 4.79 Å². The number of nitrogens with zero attached hydrogens (tertiary/aromatic N) is 1. The lowest BCUT2D eigenvalue weighted by Crippen LogP contribution is -2.44. The highest BCUT2D eigenvalue weighted by atomic mass is 127. The van der Waals surface area contributed by atoms with E-state index in [4.69, 9.17) is 10.2 Å². The molecule has 23 heavy (non-hydrogen) atoms. The summed E-state index contributed by atoms with van der Waals surface area (Å²) in [5.74, 6) is 1.86. The number of primary amides is 1. The molecule has 7 heteroatoms. The number of aliphatic imine (C=N–C) groups is 1. The monoisotopic (exact) mass is 434 g/mol. The van der Waals surface area contributed by atoms with Crippen LogP contribution in [0, 0.1) is 5.92 Å². The van der Waals surface area contributed by atoms with Gasteiger partial charge in [-0.05, 0) is 50.7 Å². The van der Waals surface area contributed by atoms with Crippen LogP contribution in [0.1, 0.15) is 55.8 Å². The third kappa shape index (κ3) is 6.40. The minimum absolute atomic E-state index is 0. The normalized spacial score (nSPS) is 21.4. The molecule has 1 saturated carbocycles. The van der Waals surface area contributed by atoms with Crippen molar-refractivity contribution in [2.45, 2.75) is 52.1 Å². The maximum atomic E-state index is 11.0. The first kappa shape index (κ1) is 19.8. The molecule has 0 saturated heterocycles. The molecule has 4 N–H and O–H groups in total. The van der Waals surface area contributed by atoms with Gasteiger partial charge in [-0.1, -0.05) is 6.92 Å². The molecule has 0 radical (unpaired) electrons. The summed E-state index contributed by atoms with van der Waals surface area (Å²) in [5.41, 5.74) is 5.17. The van der Waals surface area contributed by atoms with Crippen LogP contribution in [0.25, 0.3) is 0 Å². The Kier molecular flexibility index (Phi) is 8.43. The molecule has 1 aliphatic carbocycles. The van der Waals surface area contributed by atoms with Crippen LogP contribution in [0.4, 0.5) is 0 Å². The second kappa shape index (κ2) is 9.79. The zero-order chi connectivity index (χ0) is 15.9. The van der Waals surface area contributed by atoms with E-state index in [1.54, 1.807) is 12.1 Å². The number of halogens is 1. The SMILES string of the molecule is CCNC(=NCc1ccc(C(N)=O)o1)NC1CCC(C)CC1.I. The zero-order valence-electron chi connectivity index (χ0n) is 13.8. The van der Waals surface area contributed by atoms with Gasteiger partial charge in [-0.25, -0.2) is 4.99 Å². The third-order valence-corrected chi connectivity index (χ3v) is 4.00. The first-order valence-electron chi connectivity index (χ1n) is 8.01. The minimum Gasteiger partial charge on any atom is -0.454 e. The number of hydrogen-bond acceptors (Lipinski definition) is 3. The van der Waals surface area contributed by atoms with Gasteiger partial charge in [0.1, 0.15) is 12.3 Å². The third-order valence-electron chi connectivity index (χ3n) is 4.00.